The average molecular weight is 573 g/mol. The molecular formula is C39H56O3. The zero-order chi connectivity index (χ0) is 30.3. The predicted octanol–water partition coefficient (Wildman–Crippen LogP) is 10.1. The van der Waals surface area contributed by atoms with Crippen LogP contribution in [0.25, 0.3) is 6.08 Å². The molecule has 0 aromatic heterocycles. The van der Waals surface area contributed by atoms with Crippen LogP contribution in [0.2, 0.25) is 0 Å². The van der Waals surface area contributed by atoms with E-state index in [0.717, 1.165) is 24.3 Å². The minimum absolute atomic E-state index is 0.0676. The third kappa shape index (κ3) is 4.45. The molecule has 4 fully saturated rings. The summed E-state index contributed by atoms with van der Waals surface area (Å²) in [5, 5.41) is 9.54. The van der Waals surface area contributed by atoms with E-state index >= 15 is 0 Å². The second-order valence-corrected chi connectivity index (χ2v) is 17.6. The number of rotatable bonds is 3. The van der Waals surface area contributed by atoms with Crippen molar-refractivity contribution >= 4 is 12.0 Å². The van der Waals surface area contributed by atoms with Gasteiger partial charge in [0.05, 0.1) is 0 Å². The first-order chi connectivity index (χ1) is 19.5. The van der Waals surface area contributed by atoms with Crippen LogP contribution in [0.4, 0.5) is 0 Å². The minimum atomic E-state index is -0.260. The maximum Gasteiger partial charge on any atom is 0.331 e. The molecule has 42 heavy (non-hydrogen) atoms. The SMILES string of the molecule is CC1(C)CC[C@]2(C)CC[C@]3(C)C(=CC[C@@H]4[C@@]5(C)CC[C@H](OC(=O)C=Cc6ccc(O)cc6)C(C)(C)[C@@H]5CC[C@]43C)[C@@H]2C1. The normalized spacial score (nSPS) is 43.8. The van der Waals surface area contributed by atoms with Crippen LogP contribution in [0.15, 0.2) is 42.0 Å². The Labute approximate surface area is 255 Å². The molecule has 0 aliphatic heterocycles. The fourth-order valence-corrected chi connectivity index (χ4v) is 11.6. The molecule has 1 N–H and O–H groups in total. The molecule has 0 unspecified atom stereocenters. The summed E-state index contributed by atoms with van der Waals surface area (Å²) in [7, 11) is 0. The van der Waals surface area contributed by atoms with E-state index in [0.29, 0.717) is 28.1 Å². The summed E-state index contributed by atoms with van der Waals surface area (Å²) >= 11 is 0. The standard InChI is InChI=1S/C39H56O3/c1-34(2)21-22-36(5)23-24-38(7)28(29(36)25-34)14-15-31-37(6)19-18-32(35(3,4)30(37)17-20-39(31,38)8)42-33(41)16-11-26-9-12-27(40)13-10-26/h9-14,16,29-32,40H,15,17-25H2,1-8H3/t29-,30-,31+,32-,36+,37-,38+,39+/m0/s1. The van der Waals surface area contributed by atoms with E-state index in [1.165, 1.54) is 51.4 Å². The van der Waals surface area contributed by atoms with Crippen molar-refractivity contribution < 1.29 is 14.6 Å². The molecule has 5 aliphatic rings. The van der Waals surface area contributed by atoms with E-state index in [1.54, 1.807) is 36.4 Å². The van der Waals surface area contributed by atoms with Crippen LogP contribution in [0.3, 0.4) is 0 Å². The number of carbonyl (C=O) groups excluding carboxylic acids is 1. The van der Waals surface area contributed by atoms with Gasteiger partial charge in [0, 0.05) is 11.5 Å². The second-order valence-electron chi connectivity index (χ2n) is 17.6. The third-order valence-corrected chi connectivity index (χ3v) is 14.6. The van der Waals surface area contributed by atoms with Gasteiger partial charge in [0.1, 0.15) is 11.9 Å². The number of phenolic OH excluding ortho intramolecular Hbond substituents is 1. The maximum atomic E-state index is 13.0. The smallest absolute Gasteiger partial charge is 0.331 e. The van der Waals surface area contributed by atoms with E-state index in [4.69, 9.17) is 4.74 Å². The van der Waals surface area contributed by atoms with Crippen LogP contribution in [0.5, 0.6) is 5.75 Å². The number of hydrogen-bond donors (Lipinski definition) is 1. The van der Waals surface area contributed by atoms with Crippen molar-refractivity contribution in [3.05, 3.63) is 47.6 Å². The summed E-state index contributed by atoms with van der Waals surface area (Å²) in [6.45, 7) is 20.4. The molecule has 3 heteroatoms. The van der Waals surface area contributed by atoms with Crippen LogP contribution in [0.1, 0.15) is 125 Å². The molecule has 0 bridgehead atoms. The number of benzene rings is 1. The molecule has 8 atom stereocenters. The first-order valence-corrected chi connectivity index (χ1v) is 16.9. The van der Waals surface area contributed by atoms with Crippen LogP contribution in [-0.2, 0) is 9.53 Å². The molecule has 0 spiro atoms. The van der Waals surface area contributed by atoms with Crippen molar-refractivity contribution in [3.8, 4) is 5.75 Å². The van der Waals surface area contributed by atoms with Crippen LogP contribution in [-0.4, -0.2) is 17.2 Å². The van der Waals surface area contributed by atoms with E-state index in [2.05, 4.69) is 61.5 Å². The van der Waals surface area contributed by atoms with Crippen molar-refractivity contribution in [2.24, 2.45) is 50.2 Å². The topological polar surface area (TPSA) is 46.5 Å². The lowest BCUT2D eigenvalue weighted by Crippen LogP contribution is -2.64. The summed E-state index contributed by atoms with van der Waals surface area (Å²) in [6.07, 6.45) is 18.7. The van der Waals surface area contributed by atoms with E-state index in [1.807, 2.05) is 5.57 Å². The van der Waals surface area contributed by atoms with Crippen molar-refractivity contribution in [3.63, 3.8) is 0 Å². The molecule has 3 nitrogen and oxygen atoms in total. The Morgan fingerprint density at radius 1 is 0.857 bits per heavy atom. The highest BCUT2D eigenvalue weighted by molar-refractivity contribution is 5.87. The summed E-state index contributed by atoms with van der Waals surface area (Å²) in [5.74, 6) is 1.91. The van der Waals surface area contributed by atoms with Crippen molar-refractivity contribution in [2.75, 3.05) is 0 Å². The molecule has 0 heterocycles. The molecule has 0 amide bonds. The number of aromatic hydroxyl groups is 1. The molecule has 0 radical (unpaired) electrons. The van der Waals surface area contributed by atoms with Gasteiger partial charge in [0.15, 0.2) is 0 Å². The van der Waals surface area contributed by atoms with E-state index in [9.17, 15) is 9.90 Å². The lowest BCUT2D eigenvalue weighted by atomic mass is 9.33. The highest BCUT2D eigenvalue weighted by Gasteiger charge is 2.68. The zero-order valence-corrected chi connectivity index (χ0v) is 27.7. The summed E-state index contributed by atoms with van der Waals surface area (Å²) < 4.78 is 6.22. The van der Waals surface area contributed by atoms with Gasteiger partial charge < -0.3 is 9.84 Å². The molecule has 230 valence electrons. The number of allylic oxidation sites excluding steroid dienone is 2. The number of carbonyl (C=O) groups is 1. The van der Waals surface area contributed by atoms with Gasteiger partial charge in [0.25, 0.3) is 0 Å². The second kappa shape index (κ2) is 9.73. The van der Waals surface area contributed by atoms with Crippen LogP contribution < -0.4 is 0 Å². The first-order valence-electron chi connectivity index (χ1n) is 16.9. The quantitative estimate of drug-likeness (QED) is 0.223. The Balaban J connectivity index is 1.24. The Morgan fingerprint density at radius 2 is 1.55 bits per heavy atom. The summed E-state index contributed by atoms with van der Waals surface area (Å²) in [4.78, 5) is 13.0. The fraction of sp³-hybridized carbons (Fsp3) is 0.718. The Morgan fingerprint density at radius 3 is 2.26 bits per heavy atom. The number of phenols is 1. The van der Waals surface area contributed by atoms with Crippen LogP contribution >= 0.6 is 0 Å². The maximum absolute atomic E-state index is 13.0. The highest BCUT2D eigenvalue weighted by Crippen LogP contribution is 2.75. The molecular weight excluding hydrogens is 516 g/mol. The average Bonchev–Trinajstić information content (AvgIpc) is 2.91. The molecule has 0 saturated heterocycles. The van der Waals surface area contributed by atoms with Gasteiger partial charge in [-0.25, -0.2) is 4.79 Å². The first kappa shape index (κ1) is 30.0. The molecule has 1 aromatic carbocycles. The molecule has 4 saturated carbocycles. The van der Waals surface area contributed by atoms with Crippen LogP contribution in [0, 0.1) is 50.2 Å². The van der Waals surface area contributed by atoms with Crippen molar-refractivity contribution in [2.45, 2.75) is 126 Å². The van der Waals surface area contributed by atoms with E-state index in [-0.39, 0.29) is 34.1 Å². The number of fused-ring (bicyclic) bond motifs is 7. The summed E-state index contributed by atoms with van der Waals surface area (Å²) in [6, 6.07) is 6.89. The van der Waals surface area contributed by atoms with Crippen molar-refractivity contribution in [1.82, 2.24) is 0 Å². The monoisotopic (exact) mass is 572 g/mol. The van der Waals surface area contributed by atoms with Gasteiger partial charge in [-0.3, -0.25) is 0 Å². The Bertz CT molecular complexity index is 1280. The lowest BCUT2D eigenvalue weighted by Gasteiger charge is -2.71. The minimum Gasteiger partial charge on any atom is -0.508 e. The summed E-state index contributed by atoms with van der Waals surface area (Å²) in [5.41, 5.74) is 4.43. The van der Waals surface area contributed by atoms with Gasteiger partial charge in [-0.2, -0.15) is 0 Å². The fourth-order valence-electron chi connectivity index (χ4n) is 11.6. The van der Waals surface area contributed by atoms with Gasteiger partial charge in [-0.15, -0.1) is 0 Å². The van der Waals surface area contributed by atoms with Gasteiger partial charge in [-0.05, 0) is 133 Å². The van der Waals surface area contributed by atoms with Crippen molar-refractivity contribution in [1.29, 1.82) is 0 Å². The number of hydrogen-bond acceptors (Lipinski definition) is 3. The Kier molecular flexibility index (Phi) is 6.96. The lowest BCUT2D eigenvalue weighted by molar-refractivity contribution is -0.210. The van der Waals surface area contributed by atoms with Gasteiger partial charge >= 0.3 is 5.97 Å². The third-order valence-electron chi connectivity index (χ3n) is 14.6. The molecule has 6 rings (SSSR count). The number of ether oxygens (including phenoxy) is 1. The van der Waals surface area contributed by atoms with Gasteiger partial charge in [-0.1, -0.05) is 79.2 Å². The largest absolute Gasteiger partial charge is 0.508 e. The highest BCUT2D eigenvalue weighted by atomic mass is 16.5. The predicted molar refractivity (Wildman–Crippen MR) is 172 cm³/mol. The zero-order valence-electron chi connectivity index (χ0n) is 27.7. The van der Waals surface area contributed by atoms with E-state index < -0.39 is 0 Å². The molecule has 1 aromatic rings. The van der Waals surface area contributed by atoms with Gasteiger partial charge in [0.2, 0.25) is 0 Å². The molecule has 5 aliphatic carbocycles. The Hall–Kier alpha value is -2.03. The number of esters is 1.